The number of likely N-dealkylation sites (tertiary alicyclic amines) is 1. The number of anilines is 1. The first-order valence-electron chi connectivity index (χ1n) is 8.05. The Morgan fingerprint density at radius 3 is 2.58 bits per heavy atom. The van der Waals surface area contributed by atoms with Gasteiger partial charge in [0.05, 0.1) is 13.0 Å². The van der Waals surface area contributed by atoms with Gasteiger partial charge in [-0.05, 0) is 31.0 Å². The van der Waals surface area contributed by atoms with Gasteiger partial charge in [0.2, 0.25) is 5.91 Å². The maximum absolute atomic E-state index is 12.2. The van der Waals surface area contributed by atoms with Crippen LogP contribution in [0.2, 0.25) is 0 Å². The molecule has 7 heteroatoms. The van der Waals surface area contributed by atoms with Crippen molar-refractivity contribution >= 4 is 23.6 Å². The number of amides is 3. The van der Waals surface area contributed by atoms with E-state index in [9.17, 15) is 14.4 Å². The second-order valence-electron chi connectivity index (χ2n) is 5.74. The fourth-order valence-corrected chi connectivity index (χ4v) is 2.64. The topological polar surface area (TPSA) is 87.7 Å². The smallest absolute Gasteiger partial charge is 0.321 e. The summed E-state index contributed by atoms with van der Waals surface area (Å²) in [5, 5.41) is 5.64. The van der Waals surface area contributed by atoms with Crippen LogP contribution in [-0.2, 0) is 20.7 Å². The molecular weight excluding hydrogens is 310 g/mol. The van der Waals surface area contributed by atoms with E-state index in [1.54, 1.807) is 36.1 Å². The minimum atomic E-state index is -0.268. The molecular formula is C17H23N3O4. The van der Waals surface area contributed by atoms with Gasteiger partial charge in [-0.15, -0.1) is 0 Å². The minimum absolute atomic E-state index is 0.0141. The van der Waals surface area contributed by atoms with E-state index in [0.29, 0.717) is 25.4 Å². The number of nitrogens with zero attached hydrogens (tertiary/aromatic N) is 1. The van der Waals surface area contributed by atoms with Crippen molar-refractivity contribution in [2.45, 2.75) is 32.7 Å². The molecule has 1 heterocycles. The standard InChI is InChI=1S/C17H23N3O4/c1-3-24-16(22)10-13-4-6-14(7-5-13)19-17(23)20-9-8-15(11-20)18-12(2)21/h4-7,15H,3,8-11H2,1-2H3,(H,18,21)(H,19,23)/t15-/m1/s1. The number of hydrogen-bond acceptors (Lipinski definition) is 4. The van der Waals surface area contributed by atoms with E-state index in [-0.39, 0.29) is 30.4 Å². The number of urea groups is 1. The van der Waals surface area contributed by atoms with Gasteiger partial charge in [-0.3, -0.25) is 9.59 Å². The Balaban J connectivity index is 1.84. The molecule has 0 saturated carbocycles. The molecule has 3 amide bonds. The van der Waals surface area contributed by atoms with Crippen molar-refractivity contribution in [3.8, 4) is 0 Å². The maximum Gasteiger partial charge on any atom is 0.321 e. The van der Waals surface area contributed by atoms with Crippen LogP contribution in [0.25, 0.3) is 0 Å². The molecule has 7 nitrogen and oxygen atoms in total. The second-order valence-corrected chi connectivity index (χ2v) is 5.74. The summed E-state index contributed by atoms with van der Waals surface area (Å²) < 4.78 is 4.90. The fourth-order valence-electron chi connectivity index (χ4n) is 2.64. The number of rotatable bonds is 5. The first kappa shape index (κ1) is 17.8. The van der Waals surface area contributed by atoms with Crippen molar-refractivity contribution in [1.29, 1.82) is 0 Å². The molecule has 24 heavy (non-hydrogen) atoms. The van der Waals surface area contributed by atoms with Crippen LogP contribution in [0, 0.1) is 0 Å². The molecule has 0 aliphatic carbocycles. The molecule has 0 radical (unpaired) electrons. The van der Waals surface area contributed by atoms with Crippen LogP contribution in [0.4, 0.5) is 10.5 Å². The number of esters is 1. The summed E-state index contributed by atoms with van der Waals surface area (Å²) in [7, 11) is 0. The summed E-state index contributed by atoms with van der Waals surface area (Å²) in [6.07, 6.45) is 0.970. The highest BCUT2D eigenvalue weighted by molar-refractivity contribution is 5.89. The van der Waals surface area contributed by atoms with E-state index in [2.05, 4.69) is 10.6 Å². The first-order chi connectivity index (χ1) is 11.5. The number of hydrogen-bond donors (Lipinski definition) is 2. The molecule has 2 N–H and O–H groups in total. The Kier molecular flexibility index (Phi) is 6.17. The van der Waals surface area contributed by atoms with Crippen LogP contribution >= 0.6 is 0 Å². The molecule has 0 aromatic heterocycles. The van der Waals surface area contributed by atoms with Crippen molar-refractivity contribution in [2.24, 2.45) is 0 Å². The molecule has 1 fully saturated rings. The Morgan fingerprint density at radius 1 is 1.25 bits per heavy atom. The fraction of sp³-hybridized carbons (Fsp3) is 0.471. The molecule has 0 unspecified atom stereocenters. The molecule has 1 aromatic rings. The molecule has 0 spiro atoms. The summed E-state index contributed by atoms with van der Waals surface area (Å²) in [6, 6.07) is 6.91. The maximum atomic E-state index is 12.2. The normalized spacial score (nSPS) is 16.6. The Hall–Kier alpha value is -2.57. The average Bonchev–Trinajstić information content (AvgIpc) is 2.97. The third kappa shape index (κ3) is 5.26. The molecule has 1 saturated heterocycles. The predicted molar refractivity (Wildman–Crippen MR) is 89.6 cm³/mol. The minimum Gasteiger partial charge on any atom is -0.466 e. The average molecular weight is 333 g/mol. The molecule has 1 aliphatic rings. The van der Waals surface area contributed by atoms with Crippen LogP contribution in [0.5, 0.6) is 0 Å². The molecule has 2 rings (SSSR count). The monoisotopic (exact) mass is 333 g/mol. The highest BCUT2D eigenvalue weighted by atomic mass is 16.5. The quantitative estimate of drug-likeness (QED) is 0.800. The molecule has 1 aliphatic heterocycles. The Morgan fingerprint density at radius 2 is 1.96 bits per heavy atom. The lowest BCUT2D eigenvalue weighted by Crippen LogP contribution is -2.38. The Labute approximate surface area is 141 Å². The zero-order valence-electron chi connectivity index (χ0n) is 14.0. The largest absolute Gasteiger partial charge is 0.466 e. The van der Waals surface area contributed by atoms with E-state index in [1.165, 1.54) is 6.92 Å². The molecule has 130 valence electrons. The number of carbonyl (C=O) groups excluding carboxylic acids is 3. The van der Waals surface area contributed by atoms with Gasteiger partial charge in [-0.1, -0.05) is 12.1 Å². The van der Waals surface area contributed by atoms with Gasteiger partial charge in [0.1, 0.15) is 0 Å². The van der Waals surface area contributed by atoms with E-state index < -0.39 is 0 Å². The van der Waals surface area contributed by atoms with E-state index >= 15 is 0 Å². The number of nitrogens with one attached hydrogen (secondary N) is 2. The van der Waals surface area contributed by atoms with Crippen LogP contribution in [0.15, 0.2) is 24.3 Å². The first-order valence-corrected chi connectivity index (χ1v) is 8.05. The lowest BCUT2D eigenvalue weighted by atomic mass is 10.1. The van der Waals surface area contributed by atoms with Crippen LogP contribution in [0.3, 0.4) is 0 Å². The molecule has 1 atom stereocenters. The van der Waals surface area contributed by atoms with Gasteiger partial charge < -0.3 is 20.3 Å². The zero-order valence-corrected chi connectivity index (χ0v) is 14.0. The van der Waals surface area contributed by atoms with E-state index in [1.807, 2.05) is 0 Å². The van der Waals surface area contributed by atoms with Gasteiger partial charge in [0.15, 0.2) is 0 Å². The van der Waals surface area contributed by atoms with Crippen molar-refractivity contribution in [1.82, 2.24) is 10.2 Å². The van der Waals surface area contributed by atoms with Crippen LogP contribution < -0.4 is 10.6 Å². The number of carbonyl (C=O) groups is 3. The summed E-state index contributed by atoms with van der Waals surface area (Å²) >= 11 is 0. The van der Waals surface area contributed by atoms with Crippen molar-refractivity contribution in [2.75, 3.05) is 25.0 Å². The van der Waals surface area contributed by atoms with Crippen molar-refractivity contribution in [3.05, 3.63) is 29.8 Å². The molecule has 1 aromatic carbocycles. The molecule has 0 bridgehead atoms. The van der Waals surface area contributed by atoms with Crippen LogP contribution in [-0.4, -0.2) is 48.5 Å². The van der Waals surface area contributed by atoms with Crippen molar-refractivity contribution < 1.29 is 19.1 Å². The summed E-state index contributed by atoms with van der Waals surface area (Å²) in [6.45, 7) is 4.72. The van der Waals surface area contributed by atoms with Gasteiger partial charge in [-0.2, -0.15) is 0 Å². The third-order valence-electron chi connectivity index (χ3n) is 3.74. The highest BCUT2D eigenvalue weighted by Crippen LogP contribution is 2.14. The lowest BCUT2D eigenvalue weighted by molar-refractivity contribution is -0.142. The predicted octanol–water partition coefficient (Wildman–Crippen LogP) is 1.53. The van der Waals surface area contributed by atoms with E-state index in [0.717, 1.165) is 12.0 Å². The second kappa shape index (κ2) is 8.33. The van der Waals surface area contributed by atoms with Gasteiger partial charge in [0, 0.05) is 31.7 Å². The van der Waals surface area contributed by atoms with Gasteiger partial charge in [0.25, 0.3) is 0 Å². The highest BCUT2D eigenvalue weighted by Gasteiger charge is 2.26. The SMILES string of the molecule is CCOC(=O)Cc1ccc(NC(=O)N2CC[C@@H](NC(C)=O)C2)cc1. The Bertz CT molecular complexity index is 600. The number of benzene rings is 1. The number of ether oxygens (including phenoxy) is 1. The summed E-state index contributed by atoms with van der Waals surface area (Å²) in [5.74, 6) is -0.352. The lowest BCUT2D eigenvalue weighted by Gasteiger charge is -2.17. The summed E-state index contributed by atoms with van der Waals surface area (Å²) in [4.78, 5) is 36.4. The van der Waals surface area contributed by atoms with Crippen LogP contribution in [0.1, 0.15) is 25.8 Å². The third-order valence-corrected chi connectivity index (χ3v) is 3.74. The van der Waals surface area contributed by atoms with Gasteiger partial charge in [-0.25, -0.2) is 4.79 Å². The van der Waals surface area contributed by atoms with E-state index in [4.69, 9.17) is 4.74 Å². The van der Waals surface area contributed by atoms with Gasteiger partial charge >= 0.3 is 12.0 Å². The van der Waals surface area contributed by atoms with Crippen molar-refractivity contribution in [3.63, 3.8) is 0 Å². The zero-order chi connectivity index (χ0) is 17.5. The summed E-state index contributed by atoms with van der Waals surface area (Å²) in [5.41, 5.74) is 1.49.